The van der Waals surface area contributed by atoms with Crippen LogP contribution < -0.4 is 4.74 Å². The number of halogens is 1. The van der Waals surface area contributed by atoms with Gasteiger partial charge in [-0.05, 0) is 24.3 Å². The van der Waals surface area contributed by atoms with Crippen LogP contribution >= 0.6 is 15.9 Å². The van der Waals surface area contributed by atoms with Crippen LogP contribution in [0.1, 0.15) is 6.92 Å². The van der Waals surface area contributed by atoms with Crippen LogP contribution in [-0.4, -0.2) is 5.97 Å². The Hall–Kier alpha value is 0.105. The summed E-state index contributed by atoms with van der Waals surface area (Å²) in [6, 6.07) is 7.09. The molecule has 0 bridgehead atoms. The molecule has 4 heteroatoms. The first-order valence-electron chi connectivity index (χ1n) is 3.12. The van der Waals surface area contributed by atoms with Gasteiger partial charge in [-0.3, -0.25) is 4.79 Å². The molecule has 0 saturated heterocycles. The maximum Gasteiger partial charge on any atom is 0.308 e. The van der Waals surface area contributed by atoms with Crippen LogP contribution in [0.2, 0.25) is 0 Å². The van der Waals surface area contributed by atoms with Crippen LogP contribution in [0.25, 0.3) is 0 Å². The molecular formula is C8H7BrHgO2. The molecule has 0 aromatic heterocycles. The van der Waals surface area contributed by atoms with Gasteiger partial charge in [0.1, 0.15) is 5.75 Å². The van der Waals surface area contributed by atoms with E-state index >= 15 is 0 Å². The zero-order chi connectivity index (χ0) is 8.27. The maximum atomic E-state index is 10.5. The smallest absolute Gasteiger partial charge is 0.308 e. The first-order valence-corrected chi connectivity index (χ1v) is 3.92. The van der Waals surface area contributed by atoms with Crippen LogP contribution in [0, 0.1) is 0 Å². The minimum Gasteiger partial charge on any atom is -0.427 e. The molecule has 1 aromatic carbocycles. The first kappa shape index (κ1) is 12.1. The van der Waals surface area contributed by atoms with Crippen molar-refractivity contribution in [2.45, 2.75) is 6.92 Å². The van der Waals surface area contributed by atoms with Crippen molar-refractivity contribution in [2.75, 3.05) is 0 Å². The normalized spacial score (nSPS) is 8.50. The minimum absolute atomic E-state index is 0. The largest absolute Gasteiger partial charge is 0.427 e. The monoisotopic (exact) mass is 416 g/mol. The SMILES string of the molecule is CC(=O)Oc1ccc(Br)cc1.[Hg]. The fourth-order valence-corrected chi connectivity index (χ4v) is 0.933. The van der Waals surface area contributed by atoms with Crippen molar-refractivity contribution in [3.05, 3.63) is 28.7 Å². The van der Waals surface area contributed by atoms with Crippen molar-refractivity contribution in [1.29, 1.82) is 0 Å². The van der Waals surface area contributed by atoms with E-state index in [0.717, 1.165) is 4.47 Å². The van der Waals surface area contributed by atoms with E-state index in [4.69, 9.17) is 4.74 Å². The van der Waals surface area contributed by atoms with Gasteiger partial charge in [-0.2, -0.15) is 0 Å². The average Bonchev–Trinajstić information content (AvgIpc) is 1.93. The third-order valence-electron chi connectivity index (χ3n) is 1.08. The van der Waals surface area contributed by atoms with Crippen LogP contribution in [0.3, 0.4) is 0 Å². The summed E-state index contributed by atoms with van der Waals surface area (Å²) in [5.41, 5.74) is 0. The third kappa shape index (κ3) is 4.21. The van der Waals surface area contributed by atoms with E-state index in [9.17, 15) is 4.79 Å². The summed E-state index contributed by atoms with van der Waals surface area (Å²) in [5.74, 6) is 0.271. The molecule has 0 saturated carbocycles. The fourth-order valence-electron chi connectivity index (χ4n) is 0.669. The van der Waals surface area contributed by atoms with Crippen LogP contribution in [0.5, 0.6) is 5.75 Å². The molecule has 0 aliphatic heterocycles. The van der Waals surface area contributed by atoms with Gasteiger partial charge in [0.15, 0.2) is 0 Å². The Labute approximate surface area is 99.9 Å². The molecule has 60 valence electrons. The molecule has 0 N–H and O–H groups in total. The average molecular weight is 416 g/mol. The Morgan fingerprint density at radius 1 is 1.33 bits per heavy atom. The molecule has 0 fully saturated rings. The van der Waals surface area contributed by atoms with Gasteiger partial charge in [-0.1, -0.05) is 15.9 Å². The summed E-state index contributed by atoms with van der Waals surface area (Å²) >= 11 is 3.27. The molecule has 1 rings (SSSR count). The minimum atomic E-state index is -0.299. The zero-order valence-corrected chi connectivity index (χ0v) is 13.8. The van der Waals surface area contributed by atoms with Gasteiger partial charge >= 0.3 is 5.97 Å². The van der Waals surface area contributed by atoms with Gasteiger partial charge in [-0.15, -0.1) is 0 Å². The summed E-state index contributed by atoms with van der Waals surface area (Å²) in [6.45, 7) is 1.38. The molecule has 12 heavy (non-hydrogen) atoms. The topological polar surface area (TPSA) is 26.3 Å². The molecule has 0 amide bonds. The Kier molecular flexibility index (Phi) is 5.75. The summed E-state index contributed by atoms with van der Waals surface area (Å²) in [7, 11) is 0. The molecule has 1 aromatic rings. The molecule has 0 aliphatic carbocycles. The van der Waals surface area contributed by atoms with Gasteiger partial charge in [-0.25, -0.2) is 0 Å². The maximum absolute atomic E-state index is 10.5. The van der Waals surface area contributed by atoms with Gasteiger partial charge in [0, 0.05) is 39.1 Å². The Bertz CT molecular complexity index is 258. The van der Waals surface area contributed by atoms with Crippen molar-refractivity contribution in [1.82, 2.24) is 0 Å². The van der Waals surface area contributed by atoms with E-state index in [1.54, 1.807) is 12.1 Å². The Morgan fingerprint density at radius 3 is 2.25 bits per heavy atom. The van der Waals surface area contributed by atoms with Crippen molar-refractivity contribution in [3.8, 4) is 5.75 Å². The second-order valence-electron chi connectivity index (χ2n) is 2.05. The van der Waals surface area contributed by atoms with Crippen molar-refractivity contribution in [2.24, 2.45) is 0 Å². The fraction of sp³-hybridized carbons (Fsp3) is 0.125. The molecule has 0 spiro atoms. The van der Waals surface area contributed by atoms with Gasteiger partial charge < -0.3 is 4.74 Å². The second-order valence-corrected chi connectivity index (χ2v) is 2.96. The van der Waals surface area contributed by atoms with E-state index in [2.05, 4.69) is 15.9 Å². The summed E-state index contributed by atoms with van der Waals surface area (Å²) in [6.07, 6.45) is 0. The third-order valence-corrected chi connectivity index (χ3v) is 1.60. The molecule has 0 unspecified atom stereocenters. The standard InChI is InChI=1S/C8H7BrO2.Hg/c1-6(10)11-8-4-2-7(9)3-5-8;/h2-5H,1H3;. The number of carbonyl (C=O) groups is 1. The van der Waals surface area contributed by atoms with Crippen LogP contribution in [0.15, 0.2) is 28.7 Å². The van der Waals surface area contributed by atoms with E-state index < -0.39 is 0 Å². The van der Waals surface area contributed by atoms with Crippen molar-refractivity contribution >= 4 is 21.9 Å². The predicted octanol–water partition coefficient (Wildman–Crippen LogP) is 2.37. The number of esters is 1. The molecule has 0 radical (unpaired) electrons. The number of carbonyl (C=O) groups excluding carboxylic acids is 1. The number of hydrogen-bond donors (Lipinski definition) is 0. The van der Waals surface area contributed by atoms with E-state index in [1.165, 1.54) is 6.92 Å². The molecule has 0 atom stereocenters. The zero-order valence-electron chi connectivity index (χ0n) is 6.71. The van der Waals surface area contributed by atoms with E-state index in [-0.39, 0.29) is 33.6 Å². The van der Waals surface area contributed by atoms with E-state index in [0.29, 0.717) is 5.75 Å². The number of hydrogen-bond acceptors (Lipinski definition) is 2. The predicted molar refractivity (Wildman–Crippen MR) is 45.5 cm³/mol. The van der Waals surface area contributed by atoms with Crippen molar-refractivity contribution < 1.29 is 37.2 Å². The molecule has 2 nitrogen and oxygen atoms in total. The van der Waals surface area contributed by atoms with E-state index in [1.807, 2.05) is 12.1 Å². The number of benzene rings is 1. The van der Waals surface area contributed by atoms with Crippen molar-refractivity contribution in [3.63, 3.8) is 0 Å². The number of ether oxygens (including phenoxy) is 1. The molecule has 0 aliphatic rings. The summed E-state index contributed by atoms with van der Waals surface area (Å²) in [5, 5.41) is 0. The van der Waals surface area contributed by atoms with Gasteiger partial charge in [0.05, 0.1) is 0 Å². The first-order chi connectivity index (χ1) is 5.18. The molecule has 0 heterocycles. The summed E-state index contributed by atoms with van der Waals surface area (Å²) < 4.78 is 5.78. The second kappa shape index (κ2) is 5.70. The van der Waals surface area contributed by atoms with Crippen LogP contribution in [0.4, 0.5) is 0 Å². The molecular weight excluding hydrogens is 409 g/mol. The quantitative estimate of drug-likeness (QED) is 0.400. The van der Waals surface area contributed by atoms with Gasteiger partial charge in [0.2, 0.25) is 0 Å². The van der Waals surface area contributed by atoms with Gasteiger partial charge in [0.25, 0.3) is 0 Å². The summed E-state index contributed by atoms with van der Waals surface area (Å²) in [4.78, 5) is 10.5. The Morgan fingerprint density at radius 2 is 1.83 bits per heavy atom. The Balaban J connectivity index is 0.00000121. The van der Waals surface area contributed by atoms with Crippen LogP contribution in [-0.2, 0) is 32.5 Å². The number of rotatable bonds is 1.